The molecule has 0 bridgehead atoms. The molecule has 0 radical (unpaired) electrons. The Balaban J connectivity index is 0.00000784. The van der Waals surface area contributed by atoms with Gasteiger partial charge in [-0.3, -0.25) is 19.5 Å². The van der Waals surface area contributed by atoms with Gasteiger partial charge in [0.1, 0.15) is 6.61 Å². The molecule has 1 aromatic carbocycles. The molecule has 0 atom stereocenters. The topological polar surface area (TPSA) is 114 Å². The molecule has 0 heterocycles. The fraction of sp³-hybridized carbons (Fsp3) is 0.529. The Labute approximate surface area is 184 Å². The van der Waals surface area contributed by atoms with Crippen LogP contribution >= 0.6 is 7.60 Å². The van der Waals surface area contributed by atoms with Crippen LogP contribution in [0, 0.1) is 16.0 Å². The Morgan fingerprint density at radius 1 is 1.17 bits per heavy atom. The van der Waals surface area contributed by atoms with Crippen LogP contribution in [0.4, 0.5) is 5.69 Å². The van der Waals surface area contributed by atoms with Crippen molar-refractivity contribution in [3.63, 3.8) is 0 Å². The van der Waals surface area contributed by atoms with E-state index in [0.717, 1.165) is 14.2 Å². The molecule has 0 unspecified atom stereocenters. The Bertz CT molecular complexity index is 743. The zero-order chi connectivity index (χ0) is 21.8. The number of hydrogen-bond donors (Lipinski definition) is 0. The fourth-order valence-electron chi connectivity index (χ4n) is 1.77. The first-order chi connectivity index (χ1) is 12.8. The number of nitro groups is 1. The van der Waals surface area contributed by atoms with E-state index in [1.54, 1.807) is 0 Å². The minimum absolute atomic E-state index is 0. The largest absolute Gasteiger partial charge is 1.00 e. The molecule has 9 nitrogen and oxygen atoms in total. The number of carbonyl (C=O) groups excluding carboxylic acids is 1. The van der Waals surface area contributed by atoms with E-state index < -0.39 is 32.7 Å². The molecule has 158 valence electrons. The standard InChI is InChI=1S/C17H27NO8PSi.Li/c1-17(2,3)28(6,7)26-16(27(22,23-4)24-5)15(19)25-12-13-8-10-14(11-9-13)18(20)21;/h8-11H,12H2,1-7H3;/q-1;+1. The fourth-order valence-corrected chi connectivity index (χ4v) is 4.54. The average Bonchev–Trinajstić information content (AvgIpc) is 2.63. The van der Waals surface area contributed by atoms with Crippen LogP contribution in [0.5, 0.6) is 0 Å². The van der Waals surface area contributed by atoms with Crippen molar-refractivity contribution in [2.24, 2.45) is 0 Å². The van der Waals surface area contributed by atoms with Crippen LogP contribution in [0.2, 0.25) is 18.1 Å². The molecule has 1 aromatic rings. The number of nitro benzene ring substituents is 1. The smallest absolute Gasteiger partial charge is 0.550 e. The van der Waals surface area contributed by atoms with Gasteiger partial charge < -0.3 is 18.2 Å². The quantitative estimate of drug-likeness (QED) is 0.142. The molecule has 0 aliphatic carbocycles. The third-order valence-corrected chi connectivity index (χ3v) is 10.8. The monoisotopic (exact) mass is 439 g/mol. The van der Waals surface area contributed by atoms with Crippen molar-refractivity contribution in [3.05, 3.63) is 45.8 Å². The summed E-state index contributed by atoms with van der Waals surface area (Å²) in [7, 11) is -4.23. The van der Waals surface area contributed by atoms with Gasteiger partial charge in [-0.1, -0.05) is 26.6 Å². The number of non-ortho nitro benzene ring substituents is 1. The van der Waals surface area contributed by atoms with Gasteiger partial charge in [0, 0.05) is 26.4 Å². The van der Waals surface area contributed by atoms with Crippen LogP contribution in [-0.4, -0.2) is 33.4 Å². The summed E-state index contributed by atoms with van der Waals surface area (Å²) in [4.78, 5) is 22.8. The molecule has 0 saturated heterocycles. The molecule has 0 fully saturated rings. The summed E-state index contributed by atoms with van der Waals surface area (Å²) in [5.41, 5.74) is 0.446. The maximum absolute atomic E-state index is 12.9. The molecule has 12 heteroatoms. The molecule has 0 aliphatic rings. The van der Waals surface area contributed by atoms with Crippen molar-refractivity contribution >= 4 is 27.6 Å². The number of rotatable bonds is 9. The van der Waals surface area contributed by atoms with Crippen LogP contribution < -0.4 is 18.9 Å². The van der Waals surface area contributed by atoms with Gasteiger partial charge in [0.2, 0.25) is 13.6 Å². The maximum atomic E-state index is 12.9. The molecular formula is C17H27LiNO8PSi. The van der Waals surface area contributed by atoms with Gasteiger partial charge in [0.05, 0.1) is 4.92 Å². The van der Waals surface area contributed by atoms with Gasteiger partial charge in [-0.05, 0) is 35.8 Å². The van der Waals surface area contributed by atoms with Gasteiger partial charge in [-0.25, -0.2) is 0 Å². The second-order valence-corrected chi connectivity index (χ2v) is 14.4. The van der Waals surface area contributed by atoms with Gasteiger partial charge >= 0.3 is 18.9 Å². The summed E-state index contributed by atoms with van der Waals surface area (Å²) in [6.45, 7) is 9.46. The third kappa shape index (κ3) is 7.26. The first-order valence-electron chi connectivity index (χ1n) is 8.46. The van der Waals surface area contributed by atoms with Crippen molar-refractivity contribution in [1.29, 1.82) is 0 Å². The van der Waals surface area contributed by atoms with Gasteiger partial charge in [0.25, 0.3) is 5.69 Å². The van der Waals surface area contributed by atoms with E-state index in [2.05, 4.69) is 0 Å². The summed E-state index contributed by atoms with van der Waals surface area (Å²) in [5.74, 6) is -1.46. The van der Waals surface area contributed by atoms with E-state index in [1.807, 2.05) is 33.9 Å². The molecule has 0 saturated carbocycles. The van der Waals surface area contributed by atoms with E-state index in [9.17, 15) is 19.5 Å². The molecule has 0 spiro atoms. The third-order valence-electron chi connectivity index (χ3n) is 4.58. The van der Waals surface area contributed by atoms with Gasteiger partial charge in [0.15, 0.2) is 8.32 Å². The molecular weight excluding hydrogens is 412 g/mol. The molecule has 29 heavy (non-hydrogen) atoms. The van der Waals surface area contributed by atoms with E-state index in [1.165, 1.54) is 24.3 Å². The van der Waals surface area contributed by atoms with Crippen LogP contribution in [0.25, 0.3) is 0 Å². The summed E-state index contributed by atoms with van der Waals surface area (Å²) in [6, 6.07) is 5.53. The zero-order valence-electron chi connectivity index (χ0n) is 18.2. The summed E-state index contributed by atoms with van der Waals surface area (Å²) >= 11 is 0. The van der Waals surface area contributed by atoms with Crippen LogP contribution in [0.15, 0.2) is 24.3 Å². The second kappa shape index (κ2) is 10.8. The molecule has 0 amide bonds. The molecule has 1 rings (SSSR count). The Morgan fingerprint density at radius 2 is 1.66 bits per heavy atom. The van der Waals surface area contributed by atoms with Crippen LogP contribution in [0.1, 0.15) is 26.3 Å². The first-order valence-corrected chi connectivity index (χ1v) is 12.9. The number of ether oxygens (including phenoxy) is 1. The molecule has 0 aliphatic heterocycles. The van der Waals surface area contributed by atoms with Gasteiger partial charge in [-0.2, -0.15) is 0 Å². The van der Waals surface area contributed by atoms with Crippen molar-refractivity contribution in [3.8, 4) is 0 Å². The minimum atomic E-state index is -3.99. The Morgan fingerprint density at radius 3 is 2.03 bits per heavy atom. The molecule has 0 N–H and O–H groups in total. The summed E-state index contributed by atoms with van der Waals surface area (Å²) in [5, 5.41) is 10.4. The van der Waals surface area contributed by atoms with Gasteiger partial charge in [-0.15, -0.1) is 0 Å². The van der Waals surface area contributed by atoms with Crippen molar-refractivity contribution in [1.82, 2.24) is 0 Å². The number of nitrogens with zero attached hydrogens (tertiary/aromatic N) is 1. The summed E-state index contributed by atoms with van der Waals surface area (Å²) in [6.07, 6.45) is 0. The minimum Gasteiger partial charge on any atom is -0.550 e. The number of hydrogen-bond acceptors (Lipinski definition) is 8. The Kier molecular flexibility index (Phi) is 10.4. The number of benzene rings is 1. The predicted octanol–water partition coefficient (Wildman–Crippen LogP) is 1.64. The number of esters is 1. The zero-order valence-corrected chi connectivity index (χ0v) is 20.1. The predicted molar refractivity (Wildman–Crippen MR) is 106 cm³/mol. The van der Waals surface area contributed by atoms with Crippen molar-refractivity contribution < 1.29 is 51.4 Å². The normalized spacial score (nSPS) is 12.1. The van der Waals surface area contributed by atoms with Crippen molar-refractivity contribution in [2.45, 2.75) is 45.5 Å². The van der Waals surface area contributed by atoms with Crippen LogP contribution in [0.3, 0.4) is 0 Å². The van der Waals surface area contributed by atoms with E-state index >= 15 is 0 Å². The summed E-state index contributed by atoms with van der Waals surface area (Å²) < 4.78 is 33.9. The number of carbonyl (C=O) groups is 1. The first kappa shape index (κ1) is 27.9. The van der Waals surface area contributed by atoms with Crippen molar-refractivity contribution in [2.75, 3.05) is 14.2 Å². The maximum Gasteiger partial charge on any atom is 1.00 e. The van der Waals surface area contributed by atoms with E-state index in [4.69, 9.17) is 18.2 Å². The van der Waals surface area contributed by atoms with E-state index in [-0.39, 0.29) is 36.2 Å². The SMILES string of the molecule is COP(=O)(OC)[C-](O[Si](C)(C)C(C)(C)C)C(=O)OCc1ccc([N+](=O)[O-])cc1.[Li+]. The van der Waals surface area contributed by atoms with Crippen LogP contribution in [-0.2, 0) is 34.2 Å². The Hall–Kier alpha value is -1.12. The van der Waals surface area contributed by atoms with E-state index in [0.29, 0.717) is 5.56 Å². The molecule has 0 aromatic heterocycles. The average molecular weight is 439 g/mol. The second-order valence-electron chi connectivity index (χ2n) is 7.53.